The van der Waals surface area contributed by atoms with E-state index in [1.165, 1.54) is 26.0 Å². The minimum Gasteiger partial charge on any atom is -0.335 e. The highest BCUT2D eigenvalue weighted by molar-refractivity contribution is 6.05. The number of ketones is 1. The van der Waals surface area contributed by atoms with Gasteiger partial charge in [-0.2, -0.15) is 5.48 Å². The lowest BCUT2D eigenvalue weighted by molar-refractivity contribution is -0.127. The van der Waals surface area contributed by atoms with Crippen LogP contribution in [0.1, 0.15) is 34.6 Å². The van der Waals surface area contributed by atoms with E-state index in [2.05, 4.69) is 4.84 Å². The summed E-state index contributed by atoms with van der Waals surface area (Å²) in [7, 11) is 0. The van der Waals surface area contributed by atoms with Crippen LogP contribution in [-0.2, 0) is 9.63 Å². The molecule has 0 atom stereocenters. The lowest BCUT2D eigenvalue weighted by atomic mass is 10.1. The Morgan fingerprint density at radius 3 is 2.12 bits per heavy atom. The molecule has 0 aliphatic heterocycles. The van der Waals surface area contributed by atoms with Gasteiger partial charge in [-0.25, -0.2) is 4.79 Å². The second-order valence-electron chi connectivity index (χ2n) is 3.15. The second kappa shape index (κ2) is 5.06. The first-order valence-electron chi connectivity index (χ1n) is 4.60. The van der Waals surface area contributed by atoms with Crippen LogP contribution in [0.2, 0.25) is 0 Å². The summed E-state index contributed by atoms with van der Waals surface area (Å²) in [6, 6.07) is 6.23. The Labute approximate surface area is 92.4 Å². The summed E-state index contributed by atoms with van der Waals surface area (Å²) >= 11 is 0. The summed E-state index contributed by atoms with van der Waals surface area (Å²) in [5.41, 5.74) is 2.30. The van der Waals surface area contributed by atoms with E-state index in [-0.39, 0.29) is 16.9 Å². The first kappa shape index (κ1) is 11.9. The largest absolute Gasteiger partial charge is 0.363 e. The van der Waals surface area contributed by atoms with Crippen molar-refractivity contribution >= 4 is 17.7 Å². The zero-order chi connectivity index (χ0) is 12.1. The Kier molecular flexibility index (Phi) is 3.77. The molecule has 1 amide bonds. The molecule has 0 aromatic heterocycles. The van der Waals surface area contributed by atoms with Gasteiger partial charge in [-0.3, -0.25) is 9.59 Å². The van der Waals surface area contributed by atoms with Crippen LogP contribution in [0, 0.1) is 0 Å². The van der Waals surface area contributed by atoms with Crippen molar-refractivity contribution in [2.45, 2.75) is 13.8 Å². The predicted molar refractivity (Wildman–Crippen MR) is 55.7 cm³/mol. The molecule has 0 fully saturated rings. The number of rotatable bonds is 2. The van der Waals surface area contributed by atoms with Crippen LogP contribution in [0.3, 0.4) is 0 Å². The third-order valence-electron chi connectivity index (χ3n) is 1.81. The normalized spacial score (nSPS) is 9.38. The van der Waals surface area contributed by atoms with E-state index in [4.69, 9.17) is 0 Å². The molecule has 1 aromatic rings. The third-order valence-corrected chi connectivity index (χ3v) is 1.81. The monoisotopic (exact) mass is 221 g/mol. The average Bonchev–Trinajstić information content (AvgIpc) is 2.25. The van der Waals surface area contributed by atoms with Gasteiger partial charge in [0.25, 0.3) is 0 Å². The van der Waals surface area contributed by atoms with Crippen molar-refractivity contribution in [3.05, 3.63) is 35.4 Å². The number of hydrogen-bond acceptors (Lipinski definition) is 4. The molecule has 0 spiro atoms. The van der Waals surface area contributed by atoms with Gasteiger partial charge in [0.05, 0.1) is 5.56 Å². The van der Waals surface area contributed by atoms with Gasteiger partial charge in [0.1, 0.15) is 0 Å². The fraction of sp³-hybridized carbons (Fsp3) is 0.182. The SMILES string of the molecule is CC(=O)NOC(=O)c1ccccc1C(C)=O. The molecule has 16 heavy (non-hydrogen) atoms. The van der Waals surface area contributed by atoms with Crippen molar-refractivity contribution in [2.75, 3.05) is 0 Å². The Bertz CT molecular complexity index is 439. The van der Waals surface area contributed by atoms with Gasteiger partial charge in [-0.15, -0.1) is 0 Å². The molecule has 5 heteroatoms. The Hall–Kier alpha value is -2.17. The minimum absolute atomic E-state index is 0.128. The van der Waals surface area contributed by atoms with Crippen LogP contribution < -0.4 is 5.48 Å². The molecule has 0 saturated heterocycles. The number of Topliss-reactive ketones (excluding diaryl/α,β-unsaturated/α-hetero) is 1. The molecule has 0 aliphatic carbocycles. The van der Waals surface area contributed by atoms with Crippen molar-refractivity contribution in [3.8, 4) is 0 Å². The Balaban J connectivity index is 2.90. The third kappa shape index (κ3) is 2.91. The van der Waals surface area contributed by atoms with Gasteiger partial charge in [0.2, 0.25) is 5.91 Å². The minimum atomic E-state index is -0.763. The second-order valence-corrected chi connectivity index (χ2v) is 3.15. The topological polar surface area (TPSA) is 72.5 Å². The van der Waals surface area contributed by atoms with Crippen molar-refractivity contribution in [1.29, 1.82) is 0 Å². The summed E-state index contributed by atoms with van der Waals surface area (Å²) in [5.74, 6) is -1.50. The van der Waals surface area contributed by atoms with Crippen molar-refractivity contribution in [3.63, 3.8) is 0 Å². The standard InChI is InChI=1S/C11H11NO4/c1-7(13)9-5-3-4-6-10(9)11(15)16-12-8(2)14/h3-6H,1-2H3,(H,12,14). The smallest absolute Gasteiger partial charge is 0.335 e. The molecule has 1 N–H and O–H groups in total. The van der Waals surface area contributed by atoms with E-state index >= 15 is 0 Å². The van der Waals surface area contributed by atoms with Crippen LogP contribution in [0.25, 0.3) is 0 Å². The maximum Gasteiger partial charge on any atom is 0.363 e. The molecular formula is C11H11NO4. The van der Waals surface area contributed by atoms with Crippen molar-refractivity contribution in [2.24, 2.45) is 0 Å². The maximum absolute atomic E-state index is 11.5. The lowest BCUT2D eigenvalue weighted by Gasteiger charge is -2.06. The molecule has 0 bridgehead atoms. The molecule has 1 rings (SSSR count). The molecule has 0 saturated carbocycles. The number of hydroxylamine groups is 1. The molecule has 0 radical (unpaired) electrons. The summed E-state index contributed by atoms with van der Waals surface area (Å²) in [6.45, 7) is 2.56. The fourth-order valence-corrected chi connectivity index (χ4v) is 1.14. The molecule has 5 nitrogen and oxygen atoms in total. The van der Waals surface area contributed by atoms with Crippen molar-refractivity contribution < 1.29 is 19.2 Å². The number of carbonyl (C=O) groups is 3. The predicted octanol–water partition coefficient (Wildman–Crippen LogP) is 1.10. The van der Waals surface area contributed by atoms with Crippen LogP contribution in [0.15, 0.2) is 24.3 Å². The van der Waals surface area contributed by atoms with E-state index < -0.39 is 11.9 Å². The van der Waals surface area contributed by atoms with E-state index in [0.29, 0.717) is 0 Å². The fourth-order valence-electron chi connectivity index (χ4n) is 1.14. The molecule has 0 unspecified atom stereocenters. The molecule has 84 valence electrons. The average molecular weight is 221 g/mol. The zero-order valence-corrected chi connectivity index (χ0v) is 8.94. The first-order chi connectivity index (χ1) is 7.52. The Morgan fingerprint density at radius 2 is 1.62 bits per heavy atom. The van der Waals surface area contributed by atoms with E-state index in [1.807, 2.05) is 5.48 Å². The quantitative estimate of drug-likeness (QED) is 0.599. The summed E-state index contributed by atoms with van der Waals surface area (Å²) in [5, 5.41) is 0. The number of carbonyl (C=O) groups excluding carboxylic acids is 3. The molecular weight excluding hydrogens is 210 g/mol. The highest BCUT2D eigenvalue weighted by Crippen LogP contribution is 2.10. The van der Waals surface area contributed by atoms with Gasteiger partial charge in [0, 0.05) is 12.5 Å². The lowest BCUT2D eigenvalue weighted by Crippen LogP contribution is -2.25. The number of amides is 1. The van der Waals surface area contributed by atoms with Crippen LogP contribution in [0.5, 0.6) is 0 Å². The van der Waals surface area contributed by atoms with E-state index in [1.54, 1.807) is 12.1 Å². The van der Waals surface area contributed by atoms with E-state index in [0.717, 1.165) is 0 Å². The summed E-state index contributed by atoms with van der Waals surface area (Å²) < 4.78 is 0. The van der Waals surface area contributed by atoms with Gasteiger partial charge in [-0.05, 0) is 13.0 Å². The van der Waals surface area contributed by atoms with Gasteiger partial charge in [-0.1, -0.05) is 18.2 Å². The number of hydrogen-bond donors (Lipinski definition) is 1. The van der Waals surface area contributed by atoms with Gasteiger partial charge < -0.3 is 4.84 Å². The summed E-state index contributed by atoms with van der Waals surface area (Å²) in [4.78, 5) is 37.7. The van der Waals surface area contributed by atoms with Gasteiger partial charge in [0.15, 0.2) is 5.78 Å². The van der Waals surface area contributed by atoms with Gasteiger partial charge >= 0.3 is 5.97 Å². The molecule has 0 heterocycles. The molecule has 0 aliphatic rings. The van der Waals surface area contributed by atoms with Crippen LogP contribution in [-0.4, -0.2) is 17.7 Å². The highest BCUT2D eigenvalue weighted by atomic mass is 16.7. The number of benzene rings is 1. The zero-order valence-electron chi connectivity index (χ0n) is 8.94. The molecule has 1 aromatic carbocycles. The van der Waals surface area contributed by atoms with Crippen LogP contribution >= 0.6 is 0 Å². The van der Waals surface area contributed by atoms with Crippen molar-refractivity contribution in [1.82, 2.24) is 5.48 Å². The van der Waals surface area contributed by atoms with Crippen LogP contribution in [0.4, 0.5) is 0 Å². The maximum atomic E-state index is 11.5. The number of nitrogens with one attached hydrogen (secondary N) is 1. The first-order valence-corrected chi connectivity index (χ1v) is 4.60. The summed E-state index contributed by atoms with van der Waals surface area (Å²) in [6.07, 6.45) is 0. The van der Waals surface area contributed by atoms with E-state index in [9.17, 15) is 14.4 Å². The highest BCUT2D eigenvalue weighted by Gasteiger charge is 2.15. The Morgan fingerprint density at radius 1 is 1.06 bits per heavy atom.